The van der Waals surface area contributed by atoms with Gasteiger partial charge in [0, 0.05) is 0 Å². The molecule has 5 fully saturated rings. The number of rotatable bonds is 4. The summed E-state index contributed by atoms with van der Waals surface area (Å²) in [6, 6.07) is 0. The Hall–Kier alpha value is -0.570. The van der Waals surface area contributed by atoms with E-state index in [0.717, 1.165) is 55.4 Å². The van der Waals surface area contributed by atoms with Gasteiger partial charge in [-0.1, -0.05) is 0 Å². The van der Waals surface area contributed by atoms with E-state index in [1.807, 2.05) is 0 Å². The summed E-state index contributed by atoms with van der Waals surface area (Å²) >= 11 is 0. The topological polar surface area (TPSA) is 55.1 Å². The monoisotopic (exact) mass is 262 g/mol. The predicted molar refractivity (Wildman–Crippen MR) is 74.3 cm³/mol. The minimum absolute atomic E-state index is 0.123. The lowest BCUT2D eigenvalue weighted by Crippen LogP contribution is -2.62. The molecule has 1 amide bonds. The van der Waals surface area contributed by atoms with Crippen molar-refractivity contribution in [3.63, 3.8) is 0 Å². The molecule has 5 aliphatic rings. The number of primary amides is 1. The van der Waals surface area contributed by atoms with Crippen LogP contribution < -0.4 is 11.1 Å². The Morgan fingerprint density at radius 2 is 1.63 bits per heavy atom. The number of hydrogen-bond acceptors (Lipinski definition) is 2. The van der Waals surface area contributed by atoms with Gasteiger partial charge in [-0.2, -0.15) is 0 Å². The molecule has 0 spiro atoms. The van der Waals surface area contributed by atoms with Crippen molar-refractivity contribution in [1.29, 1.82) is 0 Å². The molecule has 0 radical (unpaired) electrons. The van der Waals surface area contributed by atoms with Crippen LogP contribution in [-0.4, -0.2) is 18.0 Å². The van der Waals surface area contributed by atoms with E-state index >= 15 is 0 Å². The molecule has 0 aromatic carbocycles. The highest BCUT2D eigenvalue weighted by Crippen LogP contribution is 2.56. The second kappa shape index (κ2) is 4.21. The Kier molecular flexibility index (Phi) is 2.70. The van der Waals surface area contributed by atoms with Crippen molar-refractivity contribution >= 4 is 5.91 Å². The number of hydrogen-bond donors (Lipinski definition) is 2. The minimum Gasteiger partial charge on any atom is -0.368 e. The van der Waals surface area contributed by atoms with E-state index < -0.39 is 0 Å². The van der Waals surface area contributed by atoms with Crippen molar-refractivity contribution in [2.75, 3.05) is 6.54 Å². The van der Waals surface area contributed by atoms with Gasteiger partial charge in [0.05, 0.1) is 5.54 Å². The van der Waals surface area contributed by atoms with Gasteiger partial charge in [-0.05, 0) is 87.5 Å². The molecule has 5 rings (SSSR count). The molecule has 0 atom stereocenters. The molecule has 4 bridgehead atoms. The van der Waals surface area contributed by atoms with Crippen LogP contribution in [-0.2, 0) is 4.79 Å². The summed E-state index contributed by atoms with van der Waals surface area (Å²) in [6.45, 7) is 1.04. The van der Waals surface area contributed by atoms with E-state index in [-0.39, 0.29) is 11.4 Å². The largest absolute Gasteiger partial charge is 0.368 e. The number of amides is 1. The molecule has 0 aromatic heterocycles. The maximum atomic E-state index is 11.6. The molecule has 5 saturated carbocycles. The van der Waals surface area contributed by atoms with E-state index in [1.54, 1.807) is 0 Å². The smallest absolute Gasteiger partial charge is 0.237 e. The molecule has 3 heteroatoms. The molecule has 19 heavy (non-hydrogen) atoms. The van der Waals surface area contributed by atoms with Crippen LogP contribution in [0.3, 0.4) is 0 Å². The maximum Gasteiger partial charge on any atom is 0.237 e. The molecule has 0 aliphatic heterocycles. The molecule has 0 heterocycles. The highest BCUT2D eigenvalue weighted by Gasteiger charge is 2.49. The van der Waals surface area contributed by atoms with Crippen LogP contribution in [0.1, 0.15) is 51.4 Å². The Morgan fingerprint density at radius 1 is 1.05 bits per heavy atom. The zero-order valence-electron chi connectivity index (χ0n) is 11.7. The second-order valence-electron chi connectivity index (χ2n) is 7.78. The number of carbonyl (C=O) groups is 1. The van der Waals surface area contributed by atoms with Crippen LogP contribution in [0, 0.1) is 29.6 Å². The fourth-order valence-electron chi connectivity index (χ4n) is 5.73. The van der Waals surface area contributed by atoms with E-state index in [0.29, 0.717) is 0 Å². The van der Waals surface area contributed by atoms with Crippen LogP contribution in [0.4, 0.5) is 0 Å². The van der Waals surface area contributed by atoms with Gasteiger partial charge in [0.1, 0.15) is 0 Å². The molecule has 0 saturated heterocycles. The lowest BCUT2D eigenvalue weighted by Gasteiger charge is -2.55. The van der Waals surface area contributed by atoms with Crippen LogP contribution >= 0.6 is 0 Å². The van der Waals surface area contributed by atoms with Gasteiger partial charge in [0.25, 0.3) is 0 Å². The summed E-state index contributed by atoms with van der Waals surface area (Å²) in [6.07, 6.45) is 10.4. The highest BCUT2D eigenvalue weighted by atomic mass is 16.1. The van der Waals surface area contributed by atoms with Crippen molar-refractivity contribution in [1.82, 2.24) is 5.32 Å². The number of carbonyl (C=O) groups excluding carboxylic acids is 1. The van der Waals surface area contributed by atoms with Gasteiger partial charge in [-0.25, -0.2) is 0 Å². The molecular formula is C16H26N2O. The summed E-state index contributed by atoms with van der Waals surface area (Å²) in [7, 11) is 0. The second-order valence-corrected chi connectivity index (χ2v) is 7.78. The van der Waals surface area contributed by atoms with E-state index in [1.165, 1.54) is 32.1 Å². The molecule has 0 aromatic rings. The van der Waals surface area contributed by atoms with Gasteiger partial charge < -0.3 is 11.1 Å². The minimum atomic E-state index is -0.339. The fraction of sp³-hybridized carbons (Fsp3) is 0.938. The average Bonchev–Trinajstić information content (AvgIpc) is 2.29. The van der Waals surface area contributed by atoms with E-state index in [4.69, 9.17) is 5.73 Å². The van der Waals surface area contributed by atoms with Gasteiger partial charge in [-0.15, -0.1) is 0 Å². The van der Waals surface area contributed by atoms with Crippen LogP contribution in [0.5, 0.6) is 0 Å². The van der Waals surface area contributed by atoms with Gasteiger partial charge >= 0.3 is 0 Å². The molecule has 5 aliphatic carbocycles. The molecule has 3 N–H and O–H groups in total. The zero-order valence-corrected chi connectivity index (χ0v) is 11.7. The standard InChI is InChI=1S/C16H26N2O/c17-15(19)16(2-1-3-16)18-9-14-12-5-10-4-11(7-12)8-13(14)6-10/h10-14,18H,1-9H2,(H2,17,19). The average molecular weight is 262 g/mol. The molecule has 0 unspecified atom stereocenters. The summed E-state index contributed by atoms with van der Waals surface area (Å²) < 4.78 is 0. The van der Waals surface area contributed by atoms with E-state index in [9.17, 15) is 4.79 Å². The van der Waals surface area contributed by atoms with Crippen LogP contribution in [0.2, 0.25) is 0 Å². The third-order valence-electron chi connectivity index (χ3n) is 6.78. The van der Waals surface area contributed by atoms with E-state index in [2.05, 4.69) is 5.32 Å². The van der Waals surface area contributed by atoms with Crippen molar-refractivity contribution in [2.45, 2.75) is 56.9 Å². The SMILES string of the molecule is NC(=O)C1(NCC2C3CC4CC(C3)CC2C4)CCC1. The first-order valence-electron chi connectivity index (χ1n) is 8.21. The van der Waals surface area contributed by atoms with Crippen molar-refractivity contribution in [2.24, 2.45) is 35.3 Å². The van der Waals surface area contributed by atoms with Crippen LogP contribution in [0.15, 0.2) is 0 Å². The van der Waals surface area contributed by atoms with Gasteiger partial charge in [0.2, 0.25) is 5.91 Å². The highest BCUT2D eigenvalue weighted by molar-refractivity contribution is 5.85. The Balaban J connectivity index is 1.42. The van der Waals surface area contributed by atoms with Crippen molar-refractivity contribution < 1.29 is 4.79 Å². The number of nitrogens with one attached hydrogen (secondary N) is 1. The van der Waals surface area contributed by atoms with Crippen molar-refractivity contribution in [3.05, 3.63) is 0 Å². The zero-order chi connectivity index (χ0) is 13.0. The fourth-order valence-corrected chi connectivity index (χ4v) is 5.73. The van der Waals surface area contributed by atoms with Crippen molar-refractivity contribution in [3.8, 4) is 0 Å². The lowest BCUT2D eigenvalue weighted by molar-refractivity contribution is -0.128. The lowest BCUT2D eigenvalue weighted by atomic mass is 9.52. The van der Waals surface area contributed by atoms with Gasteiger partial charge in [-0.3, -0.25) is 4.79 Å². The Labute approximate surface area is 115 Å². The summed E-state index contributed by atoms with van der Waals surface area (Å²) in [5.74, 6) is 4.65. The van der Waals surface area contributed by atoms with Crippen LogP contribution in [0.25, 0.3) is 0 Å². The predicted octanol–water partition coefficient (Wildman–Crippen LogP) is 2.06. The molecule has 3 nitrogen and oxygen atoms in total. The Morgan fingerprint density at radius 3 is 2.05 bits per heavy atom. The third kappa shape index (κ3) is 1.84. The summed E-state index contributed by atoms with van der Waals surface area (Å²) in [5.41, 5.74) is 5.25. The third-order valence-corrected chi connectivity index (χ3v) is 6.78. The first kappa shape index (κ1) is 12.2. The Bertz CT molecular complexity index is 360. The first-order chi connectivity index (χ1) is 9.16. The quantitative estimate of drug-likeness (QED) is 0.815. The maximum absolute atomic E-state index is 11.6. The molecule has 106 valence electrons. The van der Waals surface area contributed by atoms with Gasteiger partial charge in [0.15, 0.2) is 0 Å². The molecular weight excluding hydrogens is 236 g/mol. The number of nitrogens with two attached hydrogens (primary N) is 1. The first-order valence-corrected chi connectivity index (χ1v) is 8.21. The summed E-state index contributed by atoms with van der Waals surface area (Å²) in [4.78, 5) is 11.6. The normalized spacial score (nSPS) is 46.0. The summed E-state index contributed by atoms with van der Waals surface area (Å²) in [5, 5.41) is 3.59.